The van der Waals surface area contributed by atoms with Crippen molar-refractivity contribution in [2.75, 3.05) is 19.6 Å². The van der Waals surface area contributed by atoms with E-state index in [1.54, 1.807) is 9.80 Å². The molecule has 1 aromatic rings. The molecule has 0 unspecified atom stereocenters. The van der Waals surface area contributed by atoms with Crippen molar-refractivity contribution in [2.24, 2.45) is 5.73 Å². The highest BCUT2D eigenvalue weighted by Gasteiger charge is 2.31. The standard InChI is InChI=1S/C18H27N3O3/c1-14(2)21(16-8-10-20(11-9-16)17(22)12-19)18(23)24-13-15-6-4-3-5-7-15/h3-7,14,16H,8-13,19H2,1-2H3. The molecule has 1 aliphatic heterocycles. The second kappa shape index (κ2) is 8.68. The first-order chi connectivity index (χ1) is 11.5. The molecule has 1 aromatic carbocycles. The number of carbonyl (C=O) groups excluding carboxylic acids is 2. The van der Waals surface area contributed by atoms with Gasteiger partial charge in [-0.2, -0.15) is 0 Å². The van der Waals surface area contributed by atoms with Crippen molar-refractivity contribution < 1.29 is 14.3 Å². The fourth-order valence-corrected chi connectivity index (χ4v) is 3.10. The van der Waals surface area contributed by atoms with E-state index in [1.807, 2.05) is 44.2 Å². The van der Waals surface area contributed by atoms with Crippen LogP contribution in [0.2, 0.25) is 0 Å². The quantitative estimate of drug-likeness (QED) is 0.894. The average Bonchev–Trinajstić information content (AvgIpc) is 2.60. The van der Waals surface area contributed by atoms with Crippen molar-refractivity contribution in [2.45, 2.75) is 45.4 Å². The van der Waals surface area contributed by atoms with Crippen LogP contribution in [-0.4, -0.2) is 53.5 Å². The first-order valence-electron chi connectivity index (χ1n) is 8.49. The Balaban J connectivity index is 1.92. The van der Waals surface area contributed by atoms with E-state index in [-0.39, 0.29) is 37.2 Å². The molecule has 1 heterocycles. The molecule has 6 heteroatoms. The molecule has 0 bridgehead atoms. The van der Waals surface area contributed by atoms with Crippen LogP contribution >= 0.6 is 0 Å². The molecule has 2 N–H and O–H groups in total. The zero-order chi connectivity index (χ0) is 17.5. The third kappa shape index (κ3) is 4.71. The maximum atomic E-state index is 12.5. The summed E-state index contributed by atoms with van der Waals surface area (Å²) in [7, 11) is 0. The molecule has 0 atom stereocenters. The van der Waals surface area contributed by atoms with Crippen LogP contribution in [0.4, 0.5) is 4.79 Å². The minimum atomic E-state index is -0.294. The van der Waals surface area contributed by atoms with E-state index in [0.717, 1.165) is 18.4 Å². The number of rotatable bonds is 5. The molecule has 2 amide bonds. The van der Waals surface area contributed by atoms with Gasteiger partial charge in [0, 0.05) is 25.2 Å². The summed E-state index contributed by atoms with van der Waals surface area (Å²) in [5, 5.41) is 0. The van der Waals surface area contributed by atoms with Crippen LogP contribution in [0.5, 0.6) is 0 Å². The molecule has 1 saturated heterocycles. The lowest BCUT2D eigenvalue weighted by Gasteiger charge is -2.39. The Bertz CT molecular complexity index is 540. The number of likely N-dealkylation sites (tertiary alicyclic amines) is 1. The van der Waals surface area contributed by atoms with E-state index in [9.17, 15) is 9.59 Å². The van der Waals surface area contributed by atoms with Gasteiger partial charge in [0.05, 0.1) is 6.54 Å². The third-order valence-electron chi connectivity index (χ3n) is 4.36. The summed E-state index contributed by atoms with van der Waals surface area (Å²) in [4.78, 5) is 27.8. The Morgan fingerprint density at radius 3 is 2.42 bits per heavy atom. The van der Waals surface area contributed by atoms with Gasteiger partial charge >= 0.3 is 6.09 Å². The maximum Gasteiger partial charge on any atom is 0.410 e. The number of nitrogens with zero attached hydrogens (tertiary/aromatic N) is 2. The van der Waals surface area contributed by atoms with Crippen molar-refractivity contribution in [1.29, 1.82) is 0 Å². The number of amides is 2. The van der Waals surface area contributed by atoms with Gasteiger partial charge in [-0.15, -0.1) is 0 Å². The zero-order valence-corrected chi connectivity index (χ0v) is 14.5. The van der Waals surface area contributed by atoms with Gasteiger partial charge in [0.15, 0.2) is 0 Å². The maximum absolute atomic E-state index is 12.5. The van der Waals surface area contributed by atoms with Gasteiger partial charge < -0.3 is 20.3 Å². The van der Waals surface area contributed by atoms with Crippen LogP contribution in [0.3, 0.4) is 0 Å². The lowest BCUT2D eigenvalue weighted by molar-refractivity contribution is -0.131. The van der Waals surface area contributed by atoms with Crippen LogP contribution in [-0.2, 0) is 16.1 Å². The highest BCUT2D eigenvalue weighted by Crippen LogP contribution is 2.20. The predicted octanol–water partition coefficient (Wildman–Crippen LogP) is 1.98. The van der Waals surface area contributed by atoms with Crippen molar-refractivity contribution in [1.82, 2.24) is 9.80 Å². The van der Waals surface area contributed by atoms with E-state index < -0.39 is 0 Å². The Labute approximate surface area is 143 Å². The molecule has 0 aromatic heterocycles. The normalized spacial score (nSPS) is 15.4. The minimum Gasteiger partial charge on any atom is -0.445 e. The van der Waals surface area contributed by atoms with E-state index >= 15 is 0 Å². The second-order valence-electron chi connectivity index (χ2n) is 6.36. The van der Waals surface area contributed by atoms with Gasteiger partial charge in [0.2, 0.25) is 5.91 Å². The SMILES string of the molecule is CC(C)N(C(=O)OCc1ccccc1)C1CCN(C(=O)CN)CC1. The summed E-state index contributed by atoms with van der Waals surface area (Å²) < 4.78 is 5.49. The first kappa shape index (κ1) is 18.3. The fraction of sp³-hybridized carbons (Fsp3) is 0.556. The summed E-state index contributed by atoms with van der Waals surface area (Å²) >= 11 is 0. The van der Waals surface area contributed by atoms with Crippen LogP contribution in [0, 0.1) is 0 Å². The van der Waals surface area contributed by atoms with Crippen LogP contribution in [0.1, 0.15) is 32.3 Å². The van der Waals surface area contributed by atoms with Crippen LogP contribution < -0.4 is 5.73 Å². The van der Waals surface area contributed by atoms with Crippen molar-refractivity contribution in [3.8, 4) is 0 Å². The Hall–Kier alpha value is -2.08. The largest absolute Gasteiger partial charge is 0.445 e. The summed E-state index contributed by atoms with van der Waals surface area (Å²) in [6.45, 7) is 5.55. The van der Waals surface area contributed by atoms with Crippen molar-refractivity contribution >= 4 is 12.0 Å². The fourth-order valence-electron chi connectivity index (χ4n) is 3.10. The van der Waals surface area contributed by atoms with Crippen molar-refractivity contribution in [3.05, 3.63) is 35.9 Å². The molecule has 0 aliphatic carbocycles. The van der Waals surface area contributed by atoms with E-state index in [1.165, 1.54) is 0 Å². The third-order valence-corrected chi connectivity index (χ3v) is 4.36. The Kier molecular flexibility index (Phi) is 6.61. The molecule has 24 heavy (non-hydrogen) atoms. The topological polar surface area (TPSA) is 75.9 Å². The Morgan fingerprint density at radius 1 is 1.25 bits per heavy atom. The number of ether oxygens (including phenoxy) is 1. The van der Waals surface area contributed by atoms with E-state index in [0.29, 0.717) is 13.1 Å². The molecule has 0 spiro atoms. The molecule has 0 radical (unpaired) electrons. The molecular weight excluding hydrogens is 306 g/mol. The minimum absolute atomic E-state index is 0.0313. The summed E-state index contributed by atoms with van der Waals surface area (Å²) in [5.41, 5.74) is 6.38. The molecule has 6 nitrogen and oxygen atoms in total. The second-order valence-corrected chi connectivity index (χ2v) is 6.36. The summed E-state index contributed by atoms with van der Waals surface area (Å²) in [5.74, 6) is -0.0313. The lowest BCUT2D eigenvalue weighted by atomic mass is 10.0. The summed E-state index contributed by atoms with van der Waals surface area (Å²) in [6, 6.07) is 9.79. The number of nitrogens with two attached hydrogens (primary N) is 1. The number of carbonyl (C=O) groups is 2. The van der Waals surface area contributed by atoms with Gasteiger partial charge in [-0.25, -0.2) is 4.79 Å². The van der Waals surface area contributed by atoms with Gasteiger partial charge in [0.1, 0.15) is 6.61 Å². The summed E-state index contributed by atoms with van der Waals surface area (Å²) in [6.07, 6.45) is 1.21. The van der Waals surface area contributed by atoms with Gasteiger partial charge in [-0.05, 0) is 32.3 Å². The van der Waals surface area contributed by atoms with Crippen LogP contribution in [0.15, 0.2) is 30.3 Å². The van der Waals surface area contributed by atoms with Gasteiger partial charge in [0.25, 0.3) is 0 Å². The number of hydrogen-bond donors (Lipinski definition) is 1. The van der Waals surface area contributed by atoms with E-state index in [4.69, 9.17) is 10.5 Å². The molecule has 2 rings (SSSR count). The number of hydrogen-bond acceptors (Lipinski definition) is 4. The average molecular weight is 333 g/mol. The zero-order valence-electron chi connectivity index (χ0n) is 14.5. The molecule has 1 aliphatic rings. The molecule has 132 valence electrons. The molecular formula is C18H27N3O3. The lowest BCUT2D eigenvalue weighted by Crippen LogP contribution is -2.52. The first-order valence-corrected chi connectivity index (χ1v) is 8.49. The van der Waals surface area contributed by atoms with Gasteiger partial charge in [-0.3, -0.25) is 4.79 Å². The van der Waals surface area contributed by atoms with E-state index in [2.05, 4.69) is 0 Å². The number of piperidine rings is 1. The highest BCUT2D eigenvalue weighted by molar-refractivity contribution is 5.78. The number of benzene rings is 1. The van der Waals surface area contributed by atoms with Crippen molar-refractivity contribution in [3.63, 3.8) is 0 Å². The monoisotopic (exact) mass is 333 g/mol. The molecule has 0 saturated carbocycles. The van der Waals surface area contributed by atoms with Gasteiger partial charge in [-0.1, -0.05) is 30.3 Å². The predicted molar refractivity (Wildman–Crippen MR) is 92.3 cm³/mol. The molecule has 1 fully saturated rings. The smallest absolute Gasteiger partial charge is 0.410 e. The highest BCUT2D eigenvalue weighted by atomic mass is 16.6. The van der Waals surface area contributed by atoms with Crippen LogP contribution in [0.25, 0.3) is 0 Å². The Morgan fingerprint density at radius 2 is 1.88 bits per heavy atom.